The summed E-state index contributed by atoms with van der Waals surface area (Å²) in [5.74, 6) is -1.05. The molecule has 25 heavy (non-hydrogen) atoms. The minimum atomic E-state index is -0.997. The van der Waals surface area contributed by atoms with E-state index in [1.165, 1.54) is 11.8 Å². The lowest BCUT2D eigenvalue weighted by Crippen LogP contribution is -2.53. The highest BCUT2D eigenvalue weighted by atomic mass is 79.9. The van der Waals surface area contributed by atoms with Crippen LogP contribution in [0.2, 0.25) is 0 Å². The zero-order chi connectivity index (χ0) is 18.6. The van der Waals surface area contributed by atoms with Crippen LogP contribution in [0.1, 0.15) is 49.4 Å². The maximum Gasteiger partial charge on any atom is 0.341 e. The standard InChI is InChI=1S/C18H22BrN3O3/c1-12(25-17(24)14-10-13(19)6-7-15(14)21)16(23)22(2)18(11-20)8-4-3-5-9-18/h6-7,10,12H,3-5,8-9,21H2,1-2H3/t12-/m0/s1. The molecule has 6 nitrogen and oxygen atoms in total. The van der Waals surface area contributed by atoms with Gasteiger partial charge in [0.05, 0.1) is 11.6 Å². The summed E-state index contributed by atoms with van der Waals surface area (Å²) in [6.45, 7) is 1.51. The van der Waals surface area contributed by atoms with Crippen molar-refractivity contribution in [2.45, 2.75) is 50.7 Å². The van der Waals surface area contributed by atoms with Crippen LogP contribution in [0.3, 0.4) is 0 Å². The van der Waals surface area contributed by atoms with Crippen LogP contribution >= 0.6 is 15.9 Å². The summed E-state index contributed by atoms with van der Waals surface area (Å²) in [5.41, 5.74) is 5.46. The van der Waals surface area contributed by atoms with Gasteiger partial charge in [-0.15, -0.1) is 0 Å². The van der Waals surface area contributed by atoms with Gasteiger partial charge in [0.1, 0.15) is 5.54 Å². The highest BCUT2D eigenvalue weighted by Crippen LogP contribution is 2.33. The van der Waals surface area contributed by atoms with Crippen molar-refractivity contribution >= 4 is 33.5 Å². The van der Waals surface area contributed by atoms with Crippen LogP contribution in [0, 0.1) is 11.3 Å². The van der Waals surface area contributed by atoms with E-state index < -0.39 is 17.6 Å². The number of nitrogens with zero attached hydrogens (tertiary/aromatic N) is 2. The van der Waals surface area contributed by atoms with E-state index in [-0.39, 0.29) is 17.2 Å². The number of nitrogens with two attached hydrogens (primary N) is 1. The number of hydrogen-bond acceptors (Lipinski definition) is 5. The van der Waals surface area contributed by atoms with Crippen molar-refractivity contribution in [1.82, 2.24) is 4.90 Å². The molecular weight excluding hydrogens is 386 g/mol. The third kappa shape index (κ3) is 4.13. The van der Waals surface area contributed by atoms with E-state index >= 15 is 0 Å². The molecule has 134 valence electrons. The molecule has 1 aliphatic rings. The van der Waals surface area contributed by atoms with Gasteiger partial charge in [0.15, 0.2) is 6.10 Å². The number of nitrogen functional groups attached to an aromatic ring is 1. The average Bonchev–Trinajstić information content (AvgIpc) is 2.62. The Morgan fingerprint density at radius 1 is 1.36 bits per heavy atom. The highest BCUT2D eigenvalue weighted by molar-refractivity contribution is 9.10. The lowest BCUT2D eigenvalue weighted by atomic mass is 9.81. The van der Waals surface area contributed by atoms with Crippen LogP contribution < -0.4 is 5.73 Å². The summed E-state index contributed by atoms with van der Waals surface area (Å²) in [7, 11) is 1.61. The minimum absolute atomic E-state index is 0.198. The predicted octanol–water partition coefficient (Wildman–Crippen LogP) is 3.26. The largest absolute Gasteiger partial charge is 0.449 e. The zero-order valence-electron chi connectivity index (χ0n) is 14.4. The van der Waals surface area contributed by atoms with E-state index in [4.69, 9.17) is 10.5 Å². The molecule has 2 N–H and O–H groups in total. The fourth-order valence-electron chi connectivity index (χ4n) is 3.12. The lowest BCUT2D eigenvalue weighted by Gasteiger charge is -2.39. The molecule has 1 aromatic rings. The molecule has 7 heteroatoms. The van der Waals surface area contributed by atoms with Crippen molar-refractivity contribution in [3.8, 4) is 6.07 Å². The third-order valence-corrected chi connectivity index (χ3v) is 5.22. The van der Waals surface area contributed by atoms with Crippen molar-refractivity contribution in [1.29, 1.82) is 5.26 Å². The molecule has 1 atom stereocenters. The first-order valence-electron chi connectivity index (χ1n) is 8.25. The first-order chi connectivity index (χ1) is 11.8. The summed E-state index contributed by atoms with van der Waals surface area (Å²) < 4.78 is 5.99. The van der Waals surface area contributed by atoms with Crippen LogP contribution in [0.25, 0.3) is 0 Å². The van der Waals surface area contributed by atoms with E-state index in [0.717, 1.165) is 19.3 Å². The first kappa shape index (κ1) is 19.3. The van der Waals surface area contributed by atoms with Gasteiger partial charge < -0.3 is 15.4 Å². The fourth-order valence-corrected chi connectivity index (χ4v) is 3.48. The van der Waals surface area contributed by atoms with Gasteiger partial charge in [-0.05, 0) is 38.0 Å². The predicted molar refractivity (Wildman–Crippen MR) is 97.6 cm³/mol. The van der Waals surface area contributed by atoms with Gasteiger partial charge in [-0.1, -0.05) is 35.2 Å². The van der Waals surface area contributed by atoms with Crippen molar-refractivity contribution in [3.63, 3.8) is 0 Å². The lowest BCUT2D eigenvalue weighted by molar-refractivity contribution is -0.143. The van der Waals surface area contributed by atoms with Crippen molar-refractivity contribution < 1.29 is 14.3 Å². The molecule has 1 saturated carbocycles. The zero-order valence-corrected chi connectivity index (χ0v) is 16.0. The second-order valence-corrected chi connectivity index (χ2v) is 7.30. The third-order valence-electron chi connectivity index (χ3n) is 4.73. The Labute approximate surface area is 156 Å². The molecule has 2 rings (SSSR count). The van der Waals surface area contributed by atoms with Crippen LogP contribution in [-0.2, 0) is 9.53 Å². The smallest absolute Gasteiger partial charge is 0.341 e. The Hall–Kier alpha value is -2.07. The van der Waals surface area contributed by atoms with Crippen LogP contribution in [0.5, 0.6) is 0 Å². The number of likely N-dealkylation sites (N-methyl/N-ethyl adjacent to an activating group) is 1. The molecule has 0 heterocycles. The van der Waals surface area contributed by atoms with Crippen LogP contribution in [0.4, 0.5) is 5.69 Å². The van der Waals surface area contributed by atoms with Gasteiger partial charge in [-0.3, -0.25) is 4.79 Å². The second kappa shape index (κ2) is 7.87. The van der Waals surface area contributed by atoms with Gasteiger partial charge >= 0.3 is 5.97 Å². The molecule has 0 bridgehead atoms. The number of benzene rings is 1. The molecular formula is C18H22BrN3O3. The first-order valence-corrected chi connectivity index (χ1v) is 9.05. The summed E-state index contributed by atoms with van der Waals surface area (Å²) >= 11 is 3.28. The molecule has 0 aromatic heterocycles. The van der Waals surface area contributed by atoms with Crippen LogP contribution in [-0.4, -0.2) is 35.5 Å². The van der Waals surface area contributed by atoms with E-state index in [0.29, 0.717) is 17.3 Å². The molecule has 1 aliphatic carbocycles. The number of anilines is 1. The number of hydrogen-bond donors (Lipinski definition) is 1. The number of nitriles is 1. The van der Waals surface area contributed by atoms with E-state index in [1.807, 2.05) is 0 Å². The molecule has 1 amide bonds. The summed E-state index contributed by atoms with van der Waals surface area (Å²) in [6.07, 6.45) is 3.18. The highest BCUT2D eigenvalue weighted by Gasteiger charge is 2.40. The monoisotopic (exact) mass is 407 g/mol. The molecule has 0 saturated heterocycles. The maximum atomic E-state index is 12.7. The van der Waals surface area contributed by atoms with Gasteiger partial charge in [0.2, 0.25) is 0 Å². The second-order valence-electron chi connectivity index (χ2n) is 6.38. The normalized spacial score (nSPS) is 17.2. The summed E-state index contributed by atoms with van der Waals surface area (Å²) in [4.78, 5) is 26.4. The Bertz CT molecular complexity index is 708. The topological polar surface area (TPSA) is 96.4 Å². The van der Waals surface area contributed by atoms with Gasteiger partial charge in [0.25, 0.3) is 5.91 Å². The van der Waals surface area contributed by atoms with Gasteiger partial charge in [-0.2, -0.15) is 5.26 Å². The molecule has 0 unspecified atom stereocenters. The molecule has 0 aliphatic heterocycles. The number of rotatable bonds is 4. The van der Waals surface area contributed by atoms with Crippen molar-refractivity contribution in [3.05, 3.63) is 28.2 Å². The summed E-state index contributed by atoms with van der Waals surface area (Å²) in [6, 6.07) is 7.15. The van der Waals surface area contributed by atoms with Gasteiger partial charge in [0, 0.05) is 17.2 Å². The number of esters is 1. The number of ether oxygens (including phenoxy) is 1. The Balaban J connectivity index is 2.10. The SMILES string of the molecule is C[C@H](OC(=O)c1cc(Br)ccc1N)C(=O)N(C)C1(C#N)CCCCC1. The Morgan fingerprint density at radius 3 is 2.60 bits per heavy atom. The quantitative estimate of drug-likeness (QED) is 0.609. The Morgan fingerprint density at radius 2 is 2.00 bits per heavy atom. The van der Waals surface area contributed by atoms with Crippen molar-refractivity contribution in [2.75, 3.05) is 12.8 Å². The average molecular weight is 408 g/mol. The number of carbonyl (C=O) groups excluding carboxylic acids is 2. The van der Waals surface area contributed by atoms with E-state index in [2.05, 4.69) is 22.0 Å². The molecule has 0 radical (unpaired) electrons. The number of carbonyl (C=O) groups is 2. The molecule has 1 aromatic carbocycles. The van der Waals surface area contributed by atoms with Crippen molar-refractivity contribution in [2.24, 2.45) is 0 Å². The van der Waals surface area contributed by atoms with Gasteiger partial charge in [-0.25, -0.2) is 4.79 Å². The molecule has 0 spiro atoms. The maximum absolute atomic E-state index is 12.7. The summed E-state index contributed by atoms with van der Waals surface area (Å²) in [5, 5.41) is 9.60. The Kier molecular flexibility index (Phi) is 6.07. The van der Waals surface area contributed by atoms with Crippen LogP contribution in [0.15, 0.2) is 22.7 Å². The number of halogens is 1. The number of amides is 1. The van der Waals surface area contributed by atoms with E-state index in [1.54, 1.807) is 25.2 Å². The van der Waals surface area contributed by atoms with E-state index in [9.17, 15) is 14.9 Å². The fraction of sp³-hybridized carbons (Fsp3) is 0.500. The minimum Gasteiger partial charge on any atom is -0.449 e. The molecule has 1 fully saturated rings.